The van der Waals surface area contributed by atoms with Crippen molar-refractivity contribution in [2.24, 2.45) is 0 Å². The molecule has 92 valence electrons. The van der Waals surface area contributed by atoms with Crippen LogP contribution < -0.4 is 5.73 Å². The first-order valence-corrected chi connectivity index (χ1v) is 7.09. The van der Waals surface area contributed by atoms with Crippen LogP contribution in [-0.4, -0.2) is 29.9 Å². The lowest BCUT2D eigenvalue weighted by Gasteiger charge is -2.06. The molecular weight excluding hydrogens is 252 g/mol. The molecule has 0 spiro atoms. The van der Waals surface area contributed by atoms with Crippen LogP contribution in [0.4, 0.5) is 5.82 Å². The summed E-state index contributed by atoms with van der Waals surface area (Å²) in [5.41, 5.74) is 6.89. The average molecular weight is 262 g/mol. The van der Waals surface area contributed by atoms with Gasteiger partial charge in [0.05, 0.1) is 16.6 Å². The number of aromatic amines is 1. The van der Waals surface area contributed by atoms with Crippen molar-refractivity contribution in [2.45, 2.75) is 4.90 Å². The van der Waals surface area contributed by atoms with Gasteiger partial charge >= 0.3 is 0 Å². The number of nitrogens with two attached hydrogens (primary N) is 1. The molecule has 18 heavy (non-hydrogen) atoms. The number of fused-ring (bicyclic) bond motifs is 3. The van der Waals surface area contributed by atoms with Gasteiger partial charge in [-0.3, -0.25) is 5.10 Å². The van der Waals surface area contributed by atoms with E-state index in [4.69, 9.17) is 5.73 Å². The number of rotatable bonds is 1. The molecule has 3 N–H and O–H groups in total. The number of anilines is 1. The Hall–Kier alpha value is -2.15. The fourth-order valence-electron chi connectivity index (χ4n) is 2.05. The minimum atomic E-state index is -3.33. The number of benzene rings is 1. The summed E-state index contributed by atoms with van der Waals surface area (Å²) >= 11 is 0. The maximum atomic E-state index is 11.8. The quantitative estimate of drug-likeness (QED) is 0.683. The van der Waals surface area contributed by atoms with Crippen molar-refractivity contribution < 1.29 is 8.42 Å². The highest BCUT2D eigenvalue weighted by Gasteiger charge is 2.16. The van der Waals surface area contributed by atoms with E-state index in [1.165, 1.54) is 6.26 Å². The van der Waals surface area contributed by atoms with E-state index in [-0.39, 0.29) is 4.90 Å². The van der Waals surface area contributed by atoms with Crippen LogP contribution in [0.5, 0.6) is 0 Å². The van der Waals surface area contributed by atoms with E-state index >= 15 is 0 Å². The average Bonchev–Trinajstić information content (AvgIpc) is 2.76. The van der Waals surface area contributed by atoms with Gasteiger partial charge in [0.25, 0.3) is 0 Å². The van der Waals surface area contributed by atoms with Crippen molar-refractivity contribution >= 4 is 37.5 Å². The lowest BCUT2D eigenvalue weighted by atomic mass is 10.1. The van der Waals surface area contributed by atoms with Crippen LogP contribution in [0, 0.1) is 0 Å². The predicted octanol–water partition coefficient (Wildman–Crippen LogP) is 1.10. The zero-order chi connectivity index (χ0) is 12.9. The number of aromatic nitrogens is 3. The van der Waals surface area contributed by atoms with Gasteiger partial charge in [-0.25, -0.2) is 13.4 Å². The van der Waals surface area contributed by atoms with E-state index in [0.717, 1.165) is 0 Å². The van der Waals surface area contributed by atoms with Gasteiger partial charge in [0.15, 0.2) is 9.84 Å². The Morgan fingerprint density at radius 3 is 2.83 bits per heavy atom. The van der Waals surface area contributed by atoms with Crippen LogP contribution >= 0.6 is 0 Å². The third kappa shape index (κ3) is 1.44. The molecule has 7 heteroatoms. The Morgan fingerprint density at radius 1 is 1.33 bits per heavy atom. The third-order valence-electron chi connectivity index (χ3n) is 2.81. The standard InChI is InChI=1S/C11H10N4O2S/c1-18(16,17)8-4-2-3-7-9(8)6-5-13-15-10(6)11(12)14-7/h2-5H,1H3,(H2,12,14)(H,13,15). The fraction of sp³-hybridized carbons (Fsp3) is 0.0909. The highest BCUT2D eigenvalue weighted by Crippen LogP contribution is 2.30. The third-order valence-corrected chi connectivity index (χ3v) is 3.95. The first-order chi connectivity index (χ1) is 8.48. The molecule has 0 fully saturated rings. The maximum Gasteiger partial charge on any atom is 0.176 e. The Bertz CT molecular complexity index is 867. The number of H-pyrrole nitrogens is 1. The van der Waals surface area contributed by atoms with E-state index in [9.17, 15) is 8.42 Å². The lowest BCUT2D eigenvalue weighted by molar-refractivity contribution is 0.603. The maximum absolute atomic E-state index is 11.8. The normalized spacial score (nSPS) is 12.3. The molecular formula is C11H10N4O2S. The number of nitrogen functional groups attached to an aromatic ring is 1. The molecule has 0 aliphatic carbocycles. The Labute approximate surface area is 103 Å². The summed E-state index contributed by atoms with van der Waals surface area (Å²) in [6.07, 6.45) is 2.73. The fourth-order valence-corrected chi connectivity index (χ4v) is 2.96. The van der Waals surface area contributed by atoms with E-state index in [1.54, 1.807) is 24.4 Å². The summed E-state index contributed by atoms with van der Waals surface area (Å²) in [7, 11) is -3.33. The van der Waals surface area contributed by atoms with Crippen LogP contribution in [-0.2, 0) is 9.84 Å². The molecule has 0 aliphatic heterocycles. The van der Waals surface area contributed by atoms with Crippen LogP contribution in [0.15, 0.2) is 29.3 Å². The second-order valence-corrected chi connectivity index (χ2v) is 6.06. The lowest BCUT2D eigenvalue weighted by Crippen LogP contribution is -2.00. The molecule has 2 heterocycles. The zero-order valence-electron chi connectivity index (χ0n) is 9.51. The molecule has 0 atom stereocenters. The van der Waals surface area contributed by atoms with Gasteiger partial charge in [0.1, 0.15) is 11.3 Å². The summed E-state index contributed by atoms with van der Waals surface area (Å²) in [4.78, 5) is 4.43. The van der Waals surface area contributed by atoms with Gasteiger partial charge in [0.2, 0.25) is 0 Å². The van der Waals surface area contributed by atoms with E-state index in [0.29, 0.717) is 27.6 Å². The molecule has 0 aliphatic rings. The first-order valence-electron chi connectivity index (χ1n) is 5.20. The summed E-state index contributed by atoms with van der Waals surface area (Å²) in [5.74, 6) is 0.306. The zero-order valence-corrected chi connectivity index (χ0v) is 10.3. The summed E-state index contributed by atoms with van der Waals surface area (Å²) < 4.78 is 23.6. The van der Waals surface area contributed by atoms with E-state index < -0.39 is 9.84 Å². The highest BCUT2D eigenvalue weighted by atomic mass is 32.2. The van der Waals surface area contributed by atoms with Crippen LogP contribution in [0.3, 0.4) is 0 Å². The molecule has 3 rings (SSSR count). The van der Waals surface area contributed by atoms with Crippen molar-refractivity contribution in [3.63, 3.8) is 0 Å². The largest absolute Gasteiger partial charge is 0.382 e. The van der Waals surface area contributed by atoms with Gasteiger partial charge < -0.3 is 5.73 Å². The number of nitrogens with one attached hydrogen (secondary N) is 1. The molecule has 2 aromatic heterocycles. The SMILES string of the molecule is CS(=O)(=O)c1cccc2nc(N)c3[nH]ncc3c12. The number of pyridine rings is 1. The van der Waals surface area contributed by atoms with Crippen LogP contribution in [0.1, 0.15) is 0 Å². The number of nitrogens with zero attached hydrogens (tertiary/aromatic N) is 2. The molecule has 1 aromatic carbocycles. The van der Waals surface area contributed by atoms with Gasteiger partial charge in [-0.2, -0.15) is 5.10 Å². The Kier molecular flexibility index (Phi) is 2.09. The second kappa shape index (κ2) is 3.42. The topological polar surface area (TPSA) is 102 Å². The highest BCUT2D eigenvalue weighted by molar-refractivity contribution is 7.91. The first kappa shape index (κ1) is 11.0. The molecule has 0 bridgehead atoms. The smallest absolute Gasteiger partial charge is 0.176 e. The predicted molar refractivity (Wildman–Crippen MR) is 68.9 cm³/mol. The summed E-state index contributed by atoms with van der Waals surface area (Å²) in [6, 6.07) is 4.94. The molecule has 0 saturated heterocycles. The monoisotopic (exact) mass is 262 g/mol. The number of hydrogen-bond donors (Lipinski definition) is 2. The summed E-state index contributed by atoms with van der Waals surface area (Å²) in [6.45, 7) is 0. The Balaban J connectivity index is 2.65. The van der Waals surface area contributed by atoms with Crippen molar-refractivity contribution in [1.82, 2.24) is 15.2 Å². The molecule has 0 radical (unpaired) electrons. The second-order valence-electron chi connectivity index (χ2n) is 4.08. The minimum Gasteiger partial charge on any atom is -0.382 e. The van der Waals surface area contributed by atoms with Crippen molar-refractivity contribution in [1.29, 1.82) is 0 Å². The molecule has 0 unspecified atom stereocenters. The van der Waals surface area contributed by atoms with Gasteiger partial charge in [-0.15, -0.1) is 0 Å². The van der Waals surface area contributed by atoms with Crippen molar-refractivity contribution in [3.8, 4) is 0 Å². The van der Waals surface area contributed by atoms with Gasteiger partial charge in [0, 0.05) is 17.0 Å². The molecule has 0 saturated carbocycles. The molecule has 0 amide bonds. The molecule has 6 nitrogen and oxygen atoms in total. The number of sulfone groups is 1. The molecule has 3 aromatic rings. The Morgan fingerprint density at radius 2 is 2.11 bits per heavy atom. The van der Waals surface area contributed by atoms with Gasteiger partial charge in [-0.1, -0.05) is 6.07 Å². The van der Waals surface area contributed by atoms with Crippen molar-refractivity contribution in [3.05, 3.63) is 24.4 Å². The van der Waals surface area contributed by atoms with E-state index in [2.05, 4.69) is 15.2 Å². The van der Waals surface area contributed by atoms with Crippen LogP contribution in [0.2, 0.25) is 0 Å². The van der Waals surface area contributed by atoms with Crippen molar-refractivity contribution in [2.75, 3.05) is 12.0 Å². The van der Waals surface area contributed by atoms with E-state index in [1.807, 2.05) is 0 Å². The van der Waals surface area contributed by atoms with Gasteiger partial charge in [-0.05, 0) is 12.1 Å². The minimum absolute atomic E-state index is 0.235. The van der Waals surface area contributed by atoms with Crippen LogP contribution in [0.25, 0.3) is 21.8 Å². The summed E-state index contributed by atoms with van der Waals surface area (Å²) in [5, 5.41) is 7.84. The number of hydrogen-bond acceptors (Lipinski definition) is 5.